The number of thioether (sulfide) groups is 1. The fourth-order valence-corrected chi connectivity index (χ4v) is 3.86. The lowest BCUT2D eigenvalue weighted by atomic mass is 10.1. The van der Waals surface area contributed by atoms with Gasteiger partial charge in [0.2, 0.25) is 5.78 Å². The van der Waals surface area contributed by atoms with Gasteiger partial charge in [0.25, 0.3) is 5.56 Å². The zero-order valence-electron chi connectivity index (χ0n) is 15.5. The van der Waals surface area contributed by atoms with Crippen molar-refractivity contribution in [2.24, 2.45) is 7.05 Å². The van der Waals surface area contributed by atoms with Crippen LogP contribution in [0.25, 0.3) is 16.7 Å². The molecule has 2 aromatic carbocycles. The number of para-hydroxylation sites is 1. The Kier molecular flexibility index (Phi) is 4.87. The molecule has 0 bridgehead atoms. The molecule has 7 nitrogen and oxygen atoms in total. The number of carbonyl (C=O) groups excluding carboxylic acids is 1. The van der Waals surface area contributed by atoms with Gasteiger partial charge in [0.05, 0.1) is 23.3 Å². The molecule has 0 N–H and O–H groups in total. The highest BCUT2D eigenvalue weighted by molar-refractivity contribution is 7.99. The maximum atomic E-state index is 12.6. The largest absolute Gasteiger partial charge is 0.494 e. The van der Waals surface area contributed by atoms with Gasteiger partial charge < -0.3 is 4.74 Å². The van der Waals surface area contributed by atoms with E-state index in [1.165, 1.54) is 16.3 Å². The number of ether oxygens (including phenoxy) is 1. The molecule has 0 aliphatic carbocycles. The lowest BCUT2D eigenvalue weighted by Crippen LogP contribution is -2.20. The highest BCUT2D eigenvalue weighted by atomic mass is 32.2. The minimum absolute atomic E-state index is 0.0149. The van der Waals surface area contributed by atoms with Crippen LogP contribution in [0.1, 0.15) is 17.3 Å². The molecule has 2 heterocycles. The van der Waals surface area contributed by atoms with Crippen molar-refractivity contribution in [2.45, 2.75) is 12.1 Å². The molecule has 0 saturated carbocycles. The summed E-state index contributed by atoms with van der Waals surface area (Å²) >= 11 is 1.30. The summed E-state index contributed by atoms with van der Waals surface area (Å²) in [5, 5.41) is 9.49. The Bertz CT molecular complexity index is 1230. The van der Waals surface area contributed by atoms with Crippen molar-refractivity contribution < 1.29 is 9.53 Å². The Hall–Kier alpha value is -3.13. The molecule has 0 aliphatic rings. The predicted molar refractivity (Wildman–Crippen MR) is 108 cm³/mol. The van der Waals surface area contributed by atoms with Crippen LogP contribution >= 0.6 is 11.8 Å². The van der Waals surface area contributed by atoms with Crippen molar-refractivity contribution in [3.63, 3.8) is 0 Å². The topological polar surface area (TPSA) is 78.5 Å². The van der Waals surface area contributed by atoms with Crippen molar-refractivity contribution >= 4 is 34.2 Å². The summed E-state index contributed by atoms with van der Waals surface area (Å²) in [5.74, 6) is 1.38. The summed E-state index contributed by atoms with van der Waals surface area (Å²) < 4.78 is 8.68. The maximum Gasteiger partial charge on any atom is 0.262 e. The summed E-state index contributed by atoms with van der Waals surface area (Å²) in [7, 11) is 1.66. The molecule has 0 unspecified atom stereocenters. The van der Waals surface area contributed by atoms with Gasteiger partial charge in [0.15, 0.2) is 10.9 Å². The first-order valence-corrected chi connectivity index (χ1v) is 9.80. The van der Waals surface area contributed by atoms with E-state index in [1.807, 2.05) is 29.5 Å². The number of aryl methyl sites for hydroxylation is 1. The predicted octanol–water partition coefficient (Wildman–Crippen LogP) is 2.95. The average molecular weight is 394 g/mol. The Morgan fingerprint density at radius 3 is 2.61 bits per heavy atom. The quantitative estimate of drug-likeness (QED) is 0.370. The first-order valence-electron chi connectivity index (χ1n) is 8.82. The number of aromatic nitrogens is 4. The molecule has 4 rings (SSSR count). The van der Waals surface area contributed by atoms with Crippen LogP contribution in [-0.4, -0.2) is 37.3 Å². The van der Waals surface area contributed by atoms with Crippen LogP contribution in [0.5, 0.6) is 5.75 Å². The van der Waals surface area contributed by atoms with Crippen LogP contribution in [0.15, 0.2) is 58.5 Å². The highest BCUT2D eigenvalue weighted by Gasteiger charge is 2.16. The van der Waals surface area contributed by atoms with Gasteiger partial charge >= 0.3 is 0 Å². The summed E-state index contributed by atoms with van der Waals surface area (Å²) in [5.41, 5.74) is 1.21. The Morgan fingerprint density at radius 2 is 1.86 bits per heavy atom. The number of carbonyl (C=O) groups is 1. The Labute approximate surface area is 165 Å². The lowest BCUT2D eigenvalue weighted by molar-refractivity contribution is 0.102. The first-order chi connectivity index (χ1) is 13.6. The summed E-state index contributed by atoms with van der Waals surface area (Å²) in [6, 6.07) is 14.4. The normalized spacial score (nSPS) is 11.2. The lowest BCUT2D eigenvalue weighted by Gasteiger charge is -2.07. The second-order valence-corrected chi connectivity index (χ2v) is 7.11. The molecule has 4 aromatic rings. The highest BCUT2D eigenvalue weighted by Crippen LogP contribution is 2.22. The van der Waals surface area contributed by atoms with Crippen LogP contribution in [0.3, 0.4) is 0 Å². The smallest absolute Gasteiger partial charge is 0.262 e. The molecule has 0 saturated heterocycles. The minimum atomic E-state index is -0.127. The van der Waals surface area contributed by atoms with Gasteiger partial charge in [0, 0.05) is 12.6 Å². The third-order valence-electron chi connectivity index (χ3n) is 4.42. The third-order valence-corrected chi connectivity index (χ3v) is 5.34. The Balaban J connectivity index is 1.64. The number of hydrogen-bond acceptors (Lipinski definition) is 6. The summed E-state index contributed by atoms with van der Waals surface area (Å²) in [6.07, 6.45) is 0. The van der Waals surface area contributed by atoms with Gasteiger partial charge in [-0.2, -0.15) is 0 Å². The number of ketones is 1. The average Bonchev–Trinajstić information content (AvgIpc) is 3.15. The minimum Gasteiger partial charge on any atom is -0.494 e. The number of rotatable bonds is 6. The standard InChI is InChI=1S/C20H18N4O3S/c1-3-27-14-10-8-13(9-11-14)17(25)12-28-20-22-21-19-23(2)18(26)15-6-4-5-7-16(15)24(19)20/h4-11H,3,12H2,1-2H3. The van der Waals surface area contributed by atoms with E-state index < -0.39 is 0 Å². The molecular weight excluding hydrogens is 376 g/mol. The number of fused-ring (bicyclic) bond motifs is 3. The molecule has 0 fully saturated rings. The van der Waals surface area contributed by atoms with E-state index in [4.69, 9.17) is 4.74 Å². The molecule has 8 heteroatoms. The van der Waals surface area contributed by atoms with Crippen molar-refractivity contribution in [3.8, 4) is 5.75 Å². The number of hydrogen-bond donors (Lipinski definition) is 0. The van der Waals surface area contributed by atoms with Crippen LogP contribution in [-0.2, 0) is 7.05 Å². The zero-order chi connectivity index (χ0) is 19.7. The molecule has 28 heavy (non-hydrogen) atoms. The third kappa shape index (κ3) is 3.16. The van der Waals surface area contributed by atoms with E-state index in [9.17, 15) is 9.59 Å². The van der Waals surface area contributed by atoms with E-state index >= 15 is 0 Å². The zero-order valence-corrected chi connectivity index (χ0v) is 16.3. The van der Waals surface area contributed by atoms with Crippen molar-refractivity contribution in [3.05, 3.63) is 64.4 Å². The molecule has 0 aliphatic heterocycles. The van der Waals surface area contributed by atoms with Crippen LogP contribution < -0.4 is 10.3 Å². The van der Waals surface area contributed by atoms with E-state index in [0.717, 1.165) is 11.3 Å². The second-order valence-electron chi connectivity index (χ2n) is 6.17. The van der Waals surface area contributed by atoms with E-state index in [0.29, 0.717) is 28.5 Å². The van der Waals surface area contributed by atoms with E-state index in [2.05, 4.69) is 10.2 Å². The van der Waals surface area contributed by atoms with E-state index in [-0.39, 0.29) is 17.1 Å². The van der Waals surface area contributed by atoms with Gasteiger partial charge in [-0.25, -0.2) is 0 Å². The fourth-order valence-electron chi connectivity index (χ4n) is 3.02. The van der Waals surface area contributed by atoms with Crippen molar-refractivity contribution in [1.29, 1.82) is 0 Å². The van der Waals surface area contributed by atoms with Crippen molar-refractivity contribution in [1.82, 2.24) is 19.2 Å². The summed E-state index contributed by atoms with van der Waals surface area (Å²) in [4.78, 5) is 25.0. The molecule has 2 aromatic heterocycles. The van der Waals surface area contributed by atoms with Crippen molar-refractivity contribution in [2.75, 3.05) is 12.4 Å². The fraction of sp³-hybridized carbons (Fsp3) is 0.200. The molecule has 0 spiro atoms. The number of nitrogens with zero attached hydrogens (tertiary/aromatic N) is 4. The maximum absolute atomic E-state index is 12.6. The molecular formula is C20H18N4O3S. The molecule has 0 amide bonds. The van der Waals surface area contributed by atoms with Gasteiger partial charge in [-0.3, -0.25) is 18.6 Å². The molecule has 0 atom stereocenters. The Morgan fingerprint density at radius 1 is 1.11 bits per heavy atom. The number of Topliss-reactive ketones (excluding diaryl/α,β-unsaturated/α-hetero) is 1. The van der Waals surface area contributed by atoms with Gasteiger partial charge in [0.1, 0.15) is 5.75 Å². The second kappa shape index (κ2) is 7.47. The first kappa shape index (κ1) is 18.2. The van der Waals surface area contributed by atoms with Crippen LogP contribution in [0.2, 0.25) is 0 Å². The van der Waals surface area contributed by atoms with Gasteiger partial charge in [-0.05, 0) is 43.3 Å². The SMILES string of the molecule is CCOc1ccc(C(=O)CSc2nnc3n(C)c(=O)c4ccccc4n23)cc1. The molecule has 142 valence electrons. The monoisotopic (exact) mass is 394 g/mol. The van der Waals surface area contributed by atoms with E-state index in [1.54, 1.807) is 37.4 Å². The van der Waals surface area contributed by atoms with Crippen LogP contribution in [0, 0.1) is 0 Å². The van der Waals surface area contributed by atoms with Gasteiger partial charge in [-0.1, -0.05) is 23.9 Å². The summed E-state index contributed by atoms with van der Waals surface area (Å²) in [6.45, 7) is 2.50. The van der Waals surface area contributed by atoms with Crippen LogP contribution in [0.4, 0.5) is 0 Å². The molecule has 0 radical (unpaired) electrons. The number of benzene rings is 2. The van der Waals surface area contributed by atoms with Gasteiger partial charge in [-0.15, -0.1) is 10.2 Å².